The highest BCUT2D eigenvalue weighted by Gasteiger charge is 2.32. The van der Waals surface area contributed by atoms with Crippen LogP contribution in [0.15, 0.2) is 0 Å². The van der Waals surface area contributed by atoms with E-state index in [1.54, 1.807) is 4.90 Å². The summed E-state index contributed by atoms with van der Waals surface area (Å²) in [6.45, 7) is 5.04. The van der Waals surface area contributed by atoms with Gasteiger partial charge in [-0.25, -0.2) is 0 Å². The average molecular weight is 227 g/mol. The van der Waals surface area contributed by atoms with Crippen molar-refractivity contribution in [3.8, 4) is 0 Å². The van der Waals surface area contributed by atoms with Crippen LogP contribution in [0.5, 0.6) is 0 Å². The minimum atomic E-state index is -0.781. The Morgan fingerprint density at radius 2 is 2.19 bits per heavy atom. The van der Waals surface area contributed by atoms with Crippen molar-refractivity contribution in [1.29, 1.82) is 0 Å². The predicted molar refractivity (Wildman–Crippen MR) is 61.0 cm³/mol. The molecular formula is C12H21NO3. The van der Waals surface area contributed by atoms with Crippen LogP contribution < -0.4 is 0 Å². The first-order valence-electron chi connectivity index (χ1n) is 6.07. The second-order valence-corrected chi connectivity index (χ2v) is 4.65. The molecule has 0 aromatic carbocycles. The molecule has 4 nitrogen and oxygen atoms in total. The van der Waals surface area contributed by atoms with Gasteiger partial charge in [-0.3, -0.25) is 9.59 Å². The summed E-state index contributed by atoms with van der Waals surface area (Å²) in [6, 6.07) is 0. The van der Waals surface area contributed by atoms with Gasteiger partial charge in [0.1, 0.15) is 0 Å². The predicted octanol–water partition coefficient (Wildman–Crippen LogP) is 1.75. The van der Waals surface area contributed by atoms with Crippen LogP contribution in [-0.2, 0) is 9.59 Å². The summed E-state index contributed by atoms with van der Waals surface area (Å²) < 4.78 is 0. The van der Waals surface area contributed by atoms with Gasteiger partial charge < -0.3 is 10.0 Å². The quantitative estimate of drug-likeness (QED) is 0.778. The third-order valence-corrected chi connectivity index (χ3v) is 3.26. The van der Waals surface area contributed by atoms with E-state index < -0.39 is 5.97 Å². The standard InChI is InChI=1S/C12H21NO3/c1-3-4-5-9(2)11(14)13-7-6-10(8-13)12(15)16/h9-10H,3-8H2,1-2H3,(H,15,16). The summed E-state index contributed by atoms with van der Waals surface area (Å²) in [7, 11) is 0. The van der Waals surface area contributed by atoms with Crippen LogP contribution in [0.2, 0.25) is 0 Å². The number of carboxylic acid groups (broad SMARTS) is 1. The maximum Gasteiger partial charge on any atom is 0.308 e. The Bertz CT molecular complexity index is 265. The van der Waals surface area contributed by atoms with E-state index in [2.05, 4.69) is 6.92 Å². The normalized spacial score (nSPS) is 22.1. The molecule has 0 aromatic heterocycles. The number of aliphatic carboxylic acids is 1. The van der Waals surface area contributed by atoms with Crippen molar-refractivity contribution in [2.75, 3.05) is 13.1 Å². The molecule has 1 saturated heterocycles. The average Bonchev–Trinajstić information content (AvgIpc) is 2.74. The highest BCUT2D eigenvalue weighted by Crippen LogP contribution is 2.20. The molecule has 0 radical (unpaired) electrons. The van der Waals surface area contributed by atoms with E-state index in [-0.39, 0.29) is 17.7 Å². The number of hydrogen-bond donors (Lipinski definition) is 1. The fourth-order valence-electron chi connectivity index (χ4n) is 2.11. The third kappa shape index (κ3) is 3.22. The Morgan fingerprint density at radius 1 is 1.50 bits per heavy atom. The number of rotatable bonds is 5. The minimum Gasteiger partial charge on any atom is -0.481 e. The third-order valence-electron chi connectivity index (χ3n) is 3.26. The molecule has 2 atom stereocenters. The van der Waals surface area contributed by atoms with Gasteiger partial charge >= 0.3 is 5.97 Å². The smallest absolute Gasteiger partial charge is 0.308 e. The van der Waals surface area contributed by atoms with E-state index in [9.17, 15) is 9.59 Å². The minimum absolute atomic E-state index is 0.0347. The summed E-state index contributed by atoms with van der Waals surface area (Å²) in [6.07, 6.45) is 3.66. The molecule has 0 bridgehead atoms. The molecule has 1 N–H and O–H groups in total. The van der Waals surface area contributed by atoms with E-state index in [1.165, 1.54) is 0 Å². The fourth-order valence-corrected chi connectivity index (χ4v) is 2.11. The van der Waals surface area contributed by atoms with Crippen LogP contribution in [0.25, 0.3) is 0 Å². The SMILES string of the molecule is CCCCC(C)C(=O)N1CCC(C(=O)O)C1. The first kappa shape index (κ1) is 13.0. The maximum absolute atomic E-state index is 12.0. The van der Waals surface area contributed by atoms with Crippen molar-refractivity contribution in [2.45, 2.75) is 39.5 Å². The molecule has 1 aliphatic rings. The Balaban J connectivity index is 2.41. The van der Waals surface area contributed by atoms with Crippen molar-refractivity contribution in [3.05, 3.63) is 0 Å². The number of nitrogens with zero attached hydrogens (tertiary/aromatic N) is 1. The number of carboxylic acids is 1. The van der Waals surface area contributed by atoms with Crippen LogP contribution >= 0.6 is 0 Å². The van der Waals surface area contributed by atoms with Gasteiger partial charge in [-0.05, 0) is 12.8 Å². The van der Waals surface area contributed by atoms with Crippen molar-refractivity contribution < 1.29 is 14.7 Å². The lowest BCUT2D eigenvalue weighted by atomic mass is 10.0. The van der Waals surface area contributed by atoms with Crippen LogP contribution in [0.4, 0.5) is 0 Å². The number of unbranched alkanes of at least 4 members (excludes halogenated alkanes) is 1. The zero-order valence-corrected chi connectivity index (χ0v) is 10.1. The number of likely N-dealkylation sites (tertiary alicyclic amines) is 1. The first-order chi connectivity index (χ1) is 7.56. The molecule has 4 heteroatoms. The maximum atomic E-state index is 12.0. The van der Waals surface area contributed by atoms with E-state index in [1.807, 2.05) is 6.92 Å². The zero-order valence-electron chi connectivity index (χ0n) is 10.1. The van der Waals surface area contributed by atoms with Gasteiger partial charge in [-0.2, -0.15) is 0 Å². The van der Waals surface area contributed by atoms with Crippen molar-refractivity contribution in [2.24, 2.45) is 11.8 Å². The van der Waals surface area contributed by atoms with Crippen molar-refractivity contribution in [1.82, 2.24) is 4.90 Å². The number of amides is 1. The van der Waals surface area contributed by atoms with Gasteiger partial charge in [-0.1, -0.05) is 26.7 Å². The summed E-state index contributed by atoms with van der Waals surface area (Å²) in [5.74, 6) is -0.983. The highest BCUT2D eigenvalue weighted by atomic mass is 16.4. The number of carbonyl (C=O) groups is 2. The Morgan fingerprint density at radius 3 is 2.69 bits per heavy atom. The molecule has 1 fully saturated rings. The van der Waals surface area contributed by atoms with E-state index in [4.69, 9.17) is 5.11 Å². The van der Waals surface area contributed by atoms with Gasteiger partial charge in [0.05, 0.1) is 5.92 Å². The molecular weight excluding hydrogens is 206 g/mol. The molecule has 0 aliphatic carbocycles. The number of hydrogen-bond acceptors (Lipinski definition) is 2. The molecule has 2 unspecified atom stereocenters. The van der Waals surface area contributed by atoms with Crippen molar-refractivity contribution >= 4 is 11.9 Å². The summed E-state index contributed by atoms with van der Waals surface area (Å²) in [5, 5.41) is 8.85. The Kier molecular flexibility index (Phi) is 4.77. The summed E-state index contributed by atoms with van der Waals surface area (Å²) >= 11 is 0. The monoisotopic (exact) mass is 227 g/mol. The van der Waals surface area contributed by atoms with Gasteiger partial charge in [-0.15, -0.1) is 0 Å². The summed E-state index contributed by atoms with van der Waals surface area (Å²) in [5.41, 5.74) is 0. The van der Waals surface area contributed by atoms with Crippen molar-refractivity contribution in [3.63, 3.8) is 0 Å². The van der Waals surface area contributed by atoms with E-state index in [0.717, 1.165) is 19.3 Å². The van der Waals surface area contributed by atoms with Gasteiger partial charge in [0.25, 0.3) is 0 Å². The van der Waals surface area contributed by atoms with Crippen LogP contribution in [0.3, 0.4) is 0 Å². The van der Waals surface area contributed by atoms with Gasteiger partial charge in [0.2, 0.25) is 5.91 Å². The zero-order chi connectivity index (χ0) is 12.1. The van der Waals surface area contributed by atoms with Crippen LogP contribution in [-0.4, -0.2) is 35.0 Å². The largest absolute Gasteiger partial charge is 0.481 e. The van der Waals surface area contributed by atoms with E-state index in [0.29, 0.717) is 19.5 Å². The molecule has 1 aliphatic heterocycles. The molecule has 1 rings (SSSR count). The summed E-state index contributed by atoms with van der Waals surface area (Å²) in [4.78, 5) is 24.4. The first-order valence-corrected chi connectivity index (χ1v) is 6.07. The van der Waals surface area contributed by atoms with Gasteiger partial charge in [0, 0.05) is 19.0 Å². The molecule has 0 aromatic rings. The van der Waals surface area contributed by atoms with Gasteiger partial charge in [0.15, 0.2) is 0 Å². The lowest BCUT2D eigenvalue weighted by molar-refractivity contribution is -0.141. The molecule has 1 amide bonds. The molecule has 0 spiro atoms. The second-order valence-electron chi connectivity index (χ2n) is 4.65. The number of carbonyl (C=O) groups excluding carboxylic acids is 1. The molecule has 92 valence electrons. The lowest BCUT2D eigenvalue weighted by Crippen LogP contribution is -2.34. The molecule has 16 heavy (non-hydrogen) atoms. The highest BCUT2D eigenvalue weighted by molar-refractivity contribution is 5.80. The fraction of sp³-hybridized carbons (Fsp3) is 0.833. The van der Waals surface area contributed by atoms with Crippen LogP contribution in [0, 0.1) is 11.8 Å². The molecule has 1 heterocycles. The van der Waals surface area contributed by atoms with Crippen LogP contribution in [0.1, 0.15) is 39.5 Å². The molecule has 0 saturated carbocycles. The topological polar surface area (TPSA) is 57.6 Å². The van der Waals surface area contributed by atoms with E-state index >= 15 is 0 Å². The Hall–Kier alpha value is -1.06. The second kappa shape index (κ2) is 5.87. The lowest BCUT2D eigenvalue weighted by Gasteiger charge is -2.20. The Labute approximate surface area is 96.6 Å².